The van der Waals surface area contributed by atoms with Gasteiger partial charge in [0, 0.05) is 32.7 Å². The Bertz CT molecular complexity index is 782. The first-order valence-electron chi connectivity index (χ1n) is 8.92. The predicted octanol–water partition coefficient (Wildman–Crippen LogP) is 2.68. The van der Waals surface area contributed by atoms with Gasteiger partial charge < -0.3 is 15.4 Å². The van der Waals surface area contributed by atoms with E-state index in [-0.39, 0.29) is 55.9 Å². The molecule has 7 nitrogen and oxygen atoms in total. The molecule has 1 fully saturated rings. The van der Waals surface area contributed by atoms with Gasteiger partial charge in [0.25, 0.3) is 0 Å². The van der Waals surface area contributed by atoms with Crippen molar-refractivity contribution in [3.8, 4) is 5.75 Å². The molecule has 0 bridgehead atoms. The molecule has 0 aliphatic carbocycles. The van der Waals surface area contributed by atoms with Crippen LogP contribution in [0.3, 0.4) is 0 Å². The molecule has 0 unspecified atom stereocenters. The Morgan fingerprint density at radius 2 is 1.97 bits per heavy atom. The second-order valence-corrected chi connectivity index (χ2v) is 8.20. The van der Waals surface area contributed by atoms with Crippen LogP contribution in [0.25, 0.3) is 0 Å². The first-order valence-corrected chi connectivity index (χ1v) is 10.4. The molecule has 1 aliphatic rings. The summed E-state index contributed by atoms with van der Waals surface area (Å²) in [5, 5.41) is 6.27. The van der Waals surface area contributed by atoms with Crippen molar-refractivity contribution >= 4 is 40.0 Å². The highest BCUT2D eigenvalue weighted by molar-refractivity contribution is 14.0. The highest BCUT2D eigenvalue weighted by atomic mass is 127. The lowest BCUT2D eigenvalue weighted by Gasteiger charge is -2.32. The van der Waals surface area contributed by atoms with Gasteiger partial charge in [0.2, 0.25) is 0 Å². The van der Waals surface area contributed by atoms with Gasteiger partial charge in [-0.15, -0.1) is 24.0 Å². The molecule has 1 aromatic carbocycles. The van der Waals surface area contributed by atoms with Crippen LogP contribution in [0.5, 0.6) is 5.75 Å². The lowest BCUT2D eigenvalue weighted by molar-refractivity contribution is -0.0494. The fourth-order valence-corrected chi connectivity index (χ4v) is 3.86. The van der Waals surface area contributed by atoms with Crippen molar-refractivity contribution in [1.82, 2.24) is 14.9 Å². The molecule has 0 amide bonds. The number of sulfonamides is 1. The normalized spacial score (nSPS) is 16.8. The van der Waals surface area contributed by atoms with E-state index in [0.29, 0.717) is 23.4 Å². The van der Waals surface area contributed by atoms with E-state index >= 15 is 0 Å². The van der Waals surface area contributed by atoms with E-state index in [4.69, 9.17) is 4.74 Å². The van der Waals surface area contributed by atoms with E-state index in [1.165, 1.54) is 0 Å². The number of halogens is 4. The summed E-state index contributed by atoms with van der Waals surface area (Å²) in [6.07, 6.45) is 0.520. The fourth-order valence-electron chi connectivity index (χ4n) is 2.87. The summed E-state index contributed by atoms with van der Waals surface area (Å²) >= 11 is 0. The minimum Gasteiger partial charge on any atom is -0.494 e. The molecule has 12 heteroatoms. The molecule has 2 N–H and O–H groups in total. The molecular weight excluding hydrogens is 524 g/mol. The number of aliphatic imine (C=N–C) groups is 1. The van der Waals surface area contributed by atoms with Gasteiger partial charge >= 0.3 is 15.5 Å². The SMILES string of the molecule is CCOc1cccc(CNC(=NC)NC2CCN(S(=O)(=O)C(F)(F)F)CC2)c1.I. The molecule has 1 aliphatic heterocycles. The van der Waals surface area contributed by atoms with Crippen LogP contribution < -0.4 is 15.4 Å². The minimum absolute atomic E-state index is 0. The van der Waals surface area contributed by atoms with Crippen molar-refractivity contribution in [1.29, 1.82) is 0 Å². The molecular formula is C17H26F3IN4O3S. The van der Waals surface area contributed by atoms with E-state index in [0.717, 1.165) is 11.3 Å². The highest BCUT2D eigenvalue weighted by Crippen LogP contribution is 2.28. The zero-order valence-corrected chi connectivity index (χ0v) is 19.3. The second kappa shape index (κ2) is 11.2. The summed E-state index contributed by atoms with van der Waals surface area (Å²) in [6.45, 7) is 2.59. The Kier molecular flexibility index (Phi) is 9.95. The number of rotatable bonds is 6. The number of guanidine groups is 1. The van der Waals surface area contributed by atoms with Gasteiger partial charge in [-0.1, -0.05) is 12.1 Å². The molecule has 1 heterocycles. The molecule has 166 valence electrons. The van der Waals surface area contributed by atoms with Crippen LogP contribution in [0.4, 0.5) is 13.2 Å². The van der Waals surface area contributed by atoms with Crippen LogP contribution in [0, 0.1) is 0 Å². The van der Waals surface area contributed by atoms with Crippen molar-refractivity contribution in [3.05, 3.63) is 29.8 Å². The van der Waals surface area contributed by atoms with Crippen LogP contribution in [0.2, 0.25) is 0 Å². The number of ether oxygens (including phenoxy) is 1. The highest BCUT2D eigenvalue weighted by Gasteiger charge is 2.50. The largest absolute Gasteiger partial charge is 0.511 e. The first kappa shape index (κ1) is 25.8. The first-order chi connectivity index (χ1) is 13.2. The number of nitrogens with one attached hydrogen (secondary N) is 2. The fraction of sp³-hybridized carbons (Fsp3) is 0.588. The number of benzene rings is 1. The van der Waals surface area contributed by atoms with E-state index in [1.54, 1.807) is 7.05 Å². The zero-order valence-electron chi connectivity index (χ0n) is 16.2. The maximum atomic E-state index is 12.6. The number of nitrogens with zero attached hydrogens (tertiary/aromatic N) is 2. The summed E-state index contributed by atoms with van der Waals surface area (Å²) in [6, 6.07) is 7.42. The molecule has 0 radical (unpaired) electrons. The summed E-state index contributed by atoms with van der Waals surface area (Å²) in [5.74, 6) is 1.27. The summed E-state index contributed by atoms with van der Waals surface area (Å²) < 4.78 is 66.8. The lowest BCUT2D eigenvalue weighted by Crippen LogP contribution is -2.51. The van der Waals surface area contributed by atoms with Crippen LogP contribution >= 0.6 is 24.0 Å². The van der Waals surface area contributed by atoms with Gasteiger partial charge in [-0.05, 0) is 37.5 Å². The number of alkyl halides is 3. The van der Waals surface area contributed by atoms with E-state index in [9.17, 15) is 21.6 Å². The molecule has 1 aromatic rings. The maximum Gasteiger partial charge on any atom is 0.511 e. The summed E-state index contributed by atoms with van der Waals surface area (Å²) in [7, 11) is -3.67. The van der Waals surface area contributed by atoms with Crippen LogP contribution in [0.1, 0.15) is 25.3 Å². The molecule has 2 rings (SSSR count). The maximum absolute atomic E-state index is 12.6. The Hall–Kier alpha value is -1.28. The smallest absolute Gasteiger partial charge is 0.494 e. The Labute approximate surface area is 186 Å². The summed E-state index contributed by atoms with van der Waals surface area (Å²) in [4.78, 5) is 4.11. The van der Waals surface area contributed by atoms with E-state index in [1.807, 2.05) is 31.2 Å². The zero-order chi connectivity index (χ0) is 20.8. The van der Waals surface area contributed by atoms with Crippen LogP contribution in [-0.2, 0) is 16.6 Å². The predicted molar refractivity (Wildman–Crippen MR) is 116 cm³/mol. The third-order valence-electron chi connectivity index (χ3n) is 4.32. The van der Waals surface area contributed by atoms with Crippen molar-refractivity contribution in [2.75, 3.05) is 26.7 Å². The molecule has 1 saturated heterocycles. The third-order valence-corrected chi connectivity index (χ3v) is 5.95. The van der Waals surface area contributed by atoms with Gasteiger partial charge in [0.05, 0.1) is 6.61 Å². The monoisotopic (exact) mass is 550 g/mol. The van der Waals surface area contributed by atoms with Crippen molar-refractivity contribution < 1.29 is 26.3 Å². The summed E-state index contributed by atoms with van der Waals surface area (Å²) in [5.41, 5.74) is -4.28. The standard InChI is InChI=1S/C17H25F3N4O3S.HI/c1-3-27-15-6-4-5-13(11-15)12-22-16(21-2)23-14-7-9-24(10-8-14)28(25,26)17(18,19)20;/h4-6,11,14H,3,7-10,12H2,1-2H3,(H2,21,22,23);1H. The quantitative estimate of drug-likeness (QED) is 0.324. The number of hydrogen-bond donors (Lipinski definition) is 2. The minimum atomic E-state index is -5.26. The van der Waals surface area contributed by atoms with Crippen LogP contribution in [0.15, 0.2) is 29.3 Å². The van der Waals surface area contributed by atoms with Gasteiger partial charge in [-0.25, -0.2) is 8.42 Å². The average Bonchev–Trinajstić information content (AvgIpc) is 2.65. The van der Waals surface area contributed by atoms with Crippen molar-refractivity contribution in [2.24, 2.45) is 4.99 Å². The van der Waals surface area contributed by atoms with Gasteiger partial charge in [0.15, 0.2) is 5.96 Å². The molecule has 0 atom stereocenters. The van der Waals surface area contributed by atoms with Crippen molar-refractivity contribution in [2.45, 2.75) is 37.9 Å². The number of piperidine rings is 1. The van der Waals surface area contributed by atoms with Crippen LogP contribution in [-0.4, -0.2) is 57.0 Å². The average molecular weight is 550 g/mol. The second-order valence-electron chi connectivity index (χ2n) is 6.27. The molecule has 29 heavy (non-hydrogen) atoms. The molecule has 0 aromatic heterocycles. The Balaban J connectivity index is 0.00000420. The topological polar surface area (TPSA) is 83.0 Å². The molecule has 0 spiro atoms. The van der Waals surface area contributed by atoms with E-state index in [2.05, 4.69) is 15.6 Å². The molecule has 0 saturated carbocycles. The van der Waals surface area contributed by atoms with Gasteiger partial charge in [-0.3, -0.25) is 4.99 Å². The van der Waals surface area contributed by atoms with Crippen molar-refractivity contribution in [3.63, 3.8) is 0 Å². The number of hydrogen-bond acceptors (Lipinski definition) is 4. The van der Waals surface area contributed by atoms with Gasteiger partial charge in [0.1, 0.15) is 5.75 Å². The lowest BCUT2D eigenvalue weighted by atomic mass is 10.1. The third kappa shape index (κ3) is 7.17. The van der Waals surface area contributed by atoms with E-state index < -0.39 is 15.5 Å². The Morgan fingerprint density at radius 1 is 1.31 bits per heavy atom. The van der Waals surface area contributed by atoms with Gasteiger partial charge in [-0.2, -0.15) is 17.5 Å². The Morgan fingerprint density at radius 3 is 2.52 bits per heavy atom.